The highest BCUT2D eigenvalue weighted by Gasteiger charge is 2.34. The number of nitrogens with zero attached hydrogens (tertiary/aromatic N) is 1. The van der Waals surface area contributed by atoms with E-state index in [9.17, 15) is 18.0 Å². The van der Waals surface area contributed by atoms with E-state index in [0.717, 1.165) is 31.6 Å². The van der Waals surface area contributed by atoms with Crippen LogP contribution >= 0.6 is 0 Å². The minimum Gasteiger partial charge on any atom is -0.352 e. The van der Waals surface area contributed by atoms with E-state index in [1.807, 2.05) is 0 Å². The van der Waals surface area contributed by atoms with Crippen LogP contribution in [-0.2, 0) is 0 Å². The van der Waals surface area contributed by atoms with Crippen LogP contribution in [0.25, 0.3) is 0 Å². The molecule has 2 fully saturated rings. The number of halogens is 3. The van der Waals surface area contributed by atoms with E-state index in [1.165, 1.54) is 12.8 Å². The molecule has 6 heteroatoms. The van der Waals surface area contributed by atoms with Crippen molar-refractivity contribution in [3.8, 4) is 0 Å². The molecule has 0 spiro atoms. The Balaban J connectivity index is 1.54. The highest BCUT2D eigenvalue weighted by atomic mass is 19.2. The summed E-state index contributed by atoms with van der Waals surface area (Å²) < 4.78 is 39.0. The average Bonchev–Trinajstić information content (AvgIpc) is 3.21. The maximum absolute atomic E-state index is 13.1. The third kappa shape index (κ3) is 3.20. The van der Waals surface area contributed by atoms with Gasteiger partial charge in [0.1, 0.15) is 0 Å². The minimum atomic E-state index is -1.55. The zero-order chi connectivity index (χ0) is 15.0. The van der Waals surface area contributed by atoms with Gasteiger partial charge in [0, 0.05) is 24.7 Å². The van der Waals surface area contributed by atoms with E-state index in [-0.39, 0.29) is 5.56 Å². The van der Waals surface area contributed by atoms with Gasteiger partial charge in [-0.1, -0.05) is 0 Å². The Labute approximate surface area is 121 Å². The van der Waals surface area contributed by atoms with E-state index < -0.39 is 23.4 Å². The van der Waals surface area contributed by atoms with Gasteiger partial charge in [0.05, 0.1) is 0 Å². The van der Waals surface area contributed by atoms with Crippen LogP contribution in [0.5, 0.6) is 0 Å². The van der Waals surface area contributed by atoms with Gasteiger partial charge >= 0.3 is 0 Å². The summed E-state index contributed by atoms with van der Waals surface area (Å²) in [4.78, 5) is 14.3. The molecule has 1 saturated carbocycles. The first kappa shape index (κ1) is 14.4. The molecule has 1 aliphatic heterocycles. The summed E-state index contributed by atoms with van der Waals surface area (Å²) in [5.74, 6) is -4.45. The molecule has 1 aliphatic carbocycles. The predicted molar refractivity (Wildman–Crippen MR) is 71.4 cm³/mol. The van der Waals surface area contributed by atoms with Crippen LogP contribution in [0.1, 0.15) is 29.6 Å². The van der Waals surface area contributed by atoms with Crippen molar-refractivity contribution in [2.24, 2.45) is 5.92 Å². The Morgan fingerprint density at radius 2 is 1.86 bits per heavy atom. The molecule has 1 aromatic rings. The summed E-state index contributed by atoms with van der Waals surface area (Å²) in [5, 5.41) is 2.67. The number of nitrogens with one attached hydrogen (secondary N) is 1. The van der Waals surface area contributed by atoms with Gasteiger partial charge in [0.2, 0.25) is 0 Å². The van der Waals surface area contributed by atoms with E-state index >= 15 is 0 Å². The first-order valence-electron chi connectivity index (χ1n) is 7.21. The molecule has 1 unspecified atom stereocenters. The summed E-state index contributed by atoms with van der Waals surface area (Å²) in [5.41, 5.74) is -0.191. The lowest BCUT2D eigenvalue weighted by molar-refractivity contribution is 0.0946. The molecule has 0 aromatic heterocycles. The summed E-state index contributed by atoms with van der Waals surface area (Å²) in [6, 6.07) is 2.16. The summed E-state index contributed by atoms with van der Waals surface area (Å²) >= 11 is 0. The van der Waals surface area contributed by atoms with Crippen molar-refractivity contribution in [2.45, 2.75) is 25.3 Å². The Hall–Kier alpha value is -1.56. The normalized spacial score (nSPS) is 22.5. The number of rotatable bonds is 4. The highest BCUT2D eigenvalue weighted by molar-refractivity contribution is 5.94. The molecule has 1 aromatic carbocycles. The molecule has 21 heavy (non-hydrogen) atoms. The van der Waals surface area contributed by atoms with Crippen LogP contribution in [0.3, 0.4) is 0 Å². The van der Waals surface area contributed by atoms with Crippen molar-refractivity contribution in [3.63, 3.8) is 0 Å². The van der Waals surface area contributed by atoms with Gasteiger partial charge in [-0.15, -0.1) is 0 Å². The molecule has 0 bridgehead atoms. The molecule has 3 rings (SSSR count). The lowest BCUT2D eigenvalue weighted by Crippen LogP contribution is -2.31. The molecule has 1 heterocycles. The quantitative estimate of drug-likeness (QED) is 0.865. The van der Waals surface area contributed by atoms with E-state index in [1.54, 1.807) is 0 Å². The zero-order valence-electron chi connectivity index (χ0n) is 11.5. The van der Waals surface area contributed by atoms with Gasteiger partial charge in [-0.2, -0.15) is 0 Å². The fraction of sp³-hybridized carbons (Fsp3) is 0.533. The molecular weight excluding hydrogens is 281 g/mol. The van der Waals surface area contributed by atoms with Crippen LogP contribution in [0.2, 0.25) is 0 Å². The number of amides is 1. The second-order valence-corrected chi connectivity index (χ2v) is 5.84. The maximum atomic E-state index is 13.1. The molecule has 3 nitrogen and oxygen atoms in total. The molecule has 1 amide bonds. The van der Waals surface area contributed by atoms with E-state index in [0.29, 0.717) is 18.5 Å². The fourth-order valence-corrected chi connectivity index (χ4v) is 2.83. The van der Waals surface area contributed by atoms with Crippen LogP contribution < -0.4 is 5.32 Å². The molecule has 2 aliphatic rings. The Morgan fingerprint density at radius 3 is 2.48 bits per heavy atom. The molecular formula is C15H17F3N2O. The monoisotopic (exact) mass is 298 g/mol. The van der Waals surface area contributed by atoms with Crippen molar-refractivity contribution in [2.75, 3.05) is 19.6 Å². The van der Waals surface area contributed by atoms with Crippen LogP contribution in [0, 0.1) is 23.4 Å². The van der Waals surface area contributed by atoms with Crippen molar-refractivity contribution in [1.82, 2.24) is 10.2 Å². The number of hydrogen-bond donors (Lipinski definition) is 1. The molecule has 1 N–H and O–H groups in total. The fourth-order valence-electron chi connectivity index (χ4n) is 2.83. The molecule has 0 radical (unpaired) electrons. The third-order valence-corrected chi connectivity index (χ3v) is 4.18. The number of carbonyl (C=O) groups is 1. The Kier molecular flexibility index (Phi) is 3.89. The van der Waals surface area contributed by atoms with E-state index in [4.69, 9.17) is 0 Å². The maximum Gasteiger partial charge on any atom is 0.251 e. The molecule has 114 valence electrons. The van der Waals surface area contributed by atoms with Gasteiger partial charge in [-0.3, -0.25) is 4.79 Å². The van der Waals surface area contributed by atoms with Gasteiger partial charge in [-0.05, 0) is 43.9 Å². The summed E-state index contributed by atoms with van der Waals surface area (Å²) in [6.45, 7) is 2.48. The van der Waals surface area contributed by atoms with Gasteiger partial charge in [-0.25, -0.2) is 13.2 Å². The first-order chi connectivity index (χ1) is 10.0. The topological polar surface area (TPSA) is 32.3 Å². The second-order valence-electron chi connectivity index (χ2n) is 5.84. The van der Waals surface area contributed by atoms with Crippen LogP contribution in [-0.4, -0.2) is 36.5 Å². The highest BCUT2D eigenvalue weighted by Crippen LogP contribution is 2.31. The van der Waals surface area contributed by atoms with Crippen LogP contribution in [0.4, 0.5) is 13.2 Å². The predicted octanol–water partition coefficient (Wildman–Crippen LogP) is 2.32. The second kappa shape index (κ2) is 5.67. The summed E-state index contributed by atoms with van der Waals surface area (Å²) in [7, 11) is 0. The van der Waals surface area contributed by atoms with Crippen molar-refractivity contribution >= 4 is 5.91 Å². The average molecular weight is 298 g/mol. The Bertz CT molecular complexity index is 537. The SMILES string of the molecule is O=C(NCC1CCN(C2CC2)C1)c1cc(F)c(F)c(F)c1. The van der Waals surface area contributed by atoms with Gasteiger partial charge in [0.15, 0.2) is 17.5 Å². The number of carbonyl (C=O) groups excluding carboxylic acids is 1. The van der Waals surface area contributed by atoms with Crippen molar-refractivity contribution in [1.29, 1.82) is 0 Å². The lowest BCUT2D eigenvalue weighted by Gasteiger charge is -2.15. The van der Waals surface area contributed by atoms with Gasteiger partial charge < -0.3 is 10.2 Å². The number of benzene rings is 1. The Morgan fingerprint density at radius 1 is 1.19 bits per heavy atom. The smallest absolute Gasteiger partial charge is 0.251 e. The summed E-state index contributed by atoms with van der Waals surface area (Å²) in [6.07, 6.45) is 3.53. The molecule has 1 atom stereocenters. The third-order valence-electron chi connectivity index (χ3n) is 4.18. The van der Waals surface area contributed by atoms with Gasteiger partial charge in [0.25, 0.3) is 5.91 Å². The lowest BCUT2D eigenvalue weighted by atomic mass is 10.1. The van der Waals surface area contributed by atoms with E-state index in [2.05, 4.69) is 10.2 Å². The zero-order valence-corrected chi connectivity index (χ0v) is 11.5. The first-order valence-corrected chi connectivity index (χ1v) is 7.21. The number of hydrogen-bond acceptors (Lipinski definition) is 2. The van der Waals surface area contributed by atoms with Crippen molar-refractivity contribution < 1.29 is 18.0 Å². The largest absolute Gasteiger partial charge is 0.352 e. The van der Waals surface area contributed by atoms with Crippen molar-refractivity contribution in [3.05, 3.63) is 35.1 Å². The molecule has 1 saturated heterocycles. The number of likely N-dealkylation sites (tertiary alicyclic amines) is 1. The van der Waals surface area contributed by atoms with Crippen LogP contribution in [0.15, 0.2) is 12.1 Å². The standard InChI is InChI=1S/C15H17F3N2O/c16-12-5-10(6-13(17)14(12)18)15(21)19-7-9-3-4-20(8-9)11-1-2-11/h5-6,9,11H,1-4,7-8H2,(H,19,21). The minimum absolute atomic E-state index is 0.191.